The van der Waals surface area contributed by atoms with Gasteiger partial charge in [-0.25, -0.2) is 13.2 Å². The van der Waals surface area contributed by atoms with E-state index in [9.17, 15) is 18.0 Å². The van der Waals surface area contributed by atoms with Gasteiger partial charge in [0.25, 0.3) is 5.91 Å². The van der Waals surface area contributed by atoms with E-state index in [0.29, 0.717) is 6.42 Å². The van der Waals surface area contributed by atoms with E-state index in [4.69, 9.17) is 4.74 Å². The lowest BCUT2D eigenvalue weighted by Crippen LogP contribution is -2.44. The Morgan fingerprint density at radius 2 is 1.85 bits per heavy atom. The molecular weight excluding hydrogens is 370 g/mol. The fourth-order valence-corrected chi connectivity index (χ4v) is 3.11. The first-order chi connectivity index (χ1) is 12.9. The highest BCUT2D eigenvalue weighted by molar-refractivity contribution is 7.89. The van der Waals surface area contributed by atoms with E-state index in [1.54, 1.807) is 19.2 Å². The minimum Gasteiger partial charge on any atom is -0.461 e. The van der Waals surface area contributed by atoms with Gasteiger partial charge in [0.1, 0.15) is 5.56 Å². The van der Waals surface area contributed by atoms with Crippen LogP contribution in [-0.2, 0) is 32.5 Å². The molecule has 0 saturated heterocycles. The summed E-state index contributed by atoms with van der Waals surface area (Å²) >= 11 is 0. The van der Waals surface area contributed by atoms with Crippen LogP contribution in [0.2, 0.25) is 0 Å². The number of pyridine rings is 1. The molecule has 0 atom stereocenters. The van der Waals surface area contributed by atoms with Crippen molar-refractivity contribution in [1.82, 2.24) is 10.3 Å². The van der Waals surface area contributed by atoms with Crippen molar-refractivity contribution in [2.75, 3.05) is 12.4 Å². The van der Waals surface area contributed by atoms with Crippen LogP contribution in [0.3, 0.4) is 0 Å². The topological polar surface area (TPSA) is 105 Å². The number of hydrogen-bond acceptors (Lipinski definition) is 5. The summed E-state index contributed by atoms with van der Waals surface area (Å²) in [5.74, 6) is -1.22. The summed E-state index contributed by atoms with van der Waals surface area (Å²) in [4.78, 5) is 25.7. The van der Waals surface area contributed by atoms with Gasteiger partial charge in [0.2, 0.25) is 16.6 Å². The SMILES string of the molecule is CCOC(=O)C[n+]1cccc(C(=O)NNS(=O)(=O)CCc2ccccc2)c1. The Bertz CT molecular complexity index is 885. The van der Waals surface area contributed by atoms with Crippen LogP contribution in [0.1, 0.15) is 22.8 Å². The summed E-state index contributed by atoms with van der Waals surface area (Å²) in [7, 11) is -3.68. The lowest BCUT2D eigenvalue weighted by Gasteiger charge is -2.08. The first-order valence-electron chi connectivity index (χ1n) is 8.38. The third-order valence-corrected chi connectivity index (χ3v) is 4.71. The van der Waals surface area contributed by atoms with Gasteiger partial charge in [-0.15, -0.1) is 4.83 Å². The molecular formula is C18H22N3O5S+. The van der Waals surface area contributed by atoms with Gasteiger partial charge >= 0.3 is 5.97 Å². The second kappa shape index (κ2) is 9.79. The van der Waals surface area contributed by atoms with E-state index in [-0.39, 0.29) is 24.5 Å². The first-order valence-corrected chi connectivity index (χ1v) is 10.0. The standard InChI is InChI=1S/C18H21N3O5S/c1-2-26-17(22)14-21-11-6-9-16(13-21)18(23)19-20-27(24,25)12-10-15-7-4-3-5-8-15/h3-9,11,13,20H,2,10,12,14H2,1H3/p+1. The number of esters is 1. The maximum absolute atomic E-state index is 12.2. The van der Waals surface area contributed by atoms with E-state index < -0.39 is 21.9 Å². The molecule has 0 fully saturated rings. The number of sulfonamides is 1. The van der Waals surface area contributed by atoms with Crippen molar-refractivity contribution < 1.29 is 27.3 Å². The first kappa shape index (κ1) is 20.5. The number of nitrogens with one attached hydrogen (secondary N) is 2. The quantitative estimate of drug-likeness (QED) is 0.364. The molecule has 0 aliphatic carbocycles. The number of hydrazine groups is 1. The van der Waals surface area contributed by atoms with E-state index in [1.807, 2.05) is 30.3 Å². The van der Waals surface area contributed by atoms with E-state index in [2.05, 4.69) is 10.3 Å². The Balaban J connectivity index is 1.89. The third kappa shape index (κ3) is 7.16. The predicted molar refractivity (Wildman–Crippen MR) is 97.8 cm³/mol. The largest absolute Gasteiger partial charge is 0.461 e. The molecule has 1 amide bonds. The van der Waals surface area contributed by atoms with Crippen LogP contribution < -0.4 is 14.8 Å². The fourth-order valence-electron chi connectivity index (χ4n) is 2.25. The minimum absolute atomic E-state index is 0.0439. The minimum atomic E-state index is -3.68. The molecule has 1 aromatic carbocycles. The van der Waals surface area contributed by atoms with Crippen LogP contribution in [0, 0.1) is 0 Å². The zero-order chi connectivity index (χ0) is 19.7. The molecule has 9 heteroatoms. The Kier molecular flexibility index (Phi) is 7.44. The van der Waals surface area contributed by atoms with Gasteiger partial charge in [-0.05, 0) is 25.0 Å². The molecule has 8 nitrogen and oxygen atoms in total. The van der Waals surface area contributed by atoms with Crippen molar-refractivity contribution in [3.05, 3.63) is 66.0 Å². The molecule has 0 unspecified atom stereocenters. The molecule has 0 spiro atoms. The van der Waals surface area contributed by atoms with Gasteiger partial charge in [0.15, 0.2) is 12.4 Å². The molecule has 0 bridgehead atoms. The lowest BCUT2D eigenvalue weighted by atomic mass is 10.2. The second-order valence-electron chi connectivity index (χ2n) is 5.68. The molecule has 2 rings (SSSR count). The number of hydrogen-bond donors (Lipinski definition) is 2. The molecule has 1 aromatic heterocycles. The molecule has 2 N–H and O–H groups in total. The van der Waals surface area contributed by atoms with Crippen LogP contribution in [0.25, 0.3) is 0 Å². The van der Waals surface area contributed by atoms with Gasteiger partial charge < -0.3 is 4.74 Å². The van der Waals surface area contributed by atoms with Crippen LogP contribution >= 0.6 is 0 Å². The smallest absolute Gasteiger partial charge is 0.372 e. The Morgan fingerprint density at radius 3 is 2.56 bits per heavy atom. The molecule has 0 saturated carbocycles. The van der Waals surface area contributed by atoms with Crippen molar-refractivity contribution >= 4 is 21.9 Å². The number of rotatable bonds is 9. The van der Waals surface area contributed by atoms with Crippen LogP contribution in [0.15, 0.2) is 54.9 Å². The van der Waals surface area contributed by atoms with Crippen molar-refractivity contribution in [2.24, 2.45) is 0 Å². The molecule has 2 aromatic rings. The number of ether oxygens (including phenoxy) is 1. The Morgan fingerprint density at radius 1 is 1.11 bits per heavy atom. The number of nitrogens with zero attached hydrogens (tertiary/aromatic N) is 1. The van der Waals surface area contributed by atoms with Crippen molar-refractivity contribution in [2.45, 2.75) is 19.9 Å². The number of carbonyl (C=O) groups is 2. The molecule has 144 valence electrons. The molecule has 27 heavy (non-hydrogen) atoms. The molecule has 0 aliphatic rings. The van der Waals surface area contributed by atoms with Gasteiger partial charge in [-0.3, -0.25) is 10.2 Å². The van der Waals surface area contributed by atoms with Crippen LogP contribution in [0.5, 0.6) is 0 Å². The molecule has 0 aliphatic heterocycles. The number of aromatic nitrogens is 1. The zero-order valence-electron chi connectivity index (χ0n) is 14.9. The maximum Gasteiger partial charge on any atom is 0.372 e. The van der Waals surface area contributed by atoms with Gasteiger partial charge in [-0.1, -0.05) is 30.3 Å². The van der Waals surface area contributed by atoms with E-state index in [1.165, 1.54) is 16.8 Å². The summed E-state index contributed by atoms with van der Waals surface area (Å²) in [6, 6.07) is 12.3. The Labute approximate surface area is 158 Å². The monoisotopic (exact) mass is 392 g/mol. The number of carbonyl (C=O) groups excluding carboxylic acids is 2. The van der Waals surface area contributed by atoms with E-state index in [0.717, 1.165) is 5.56 Å². The molecule has 1 heterocycles. The van der Waals surface area contributed by atoms with Gasteiger partial charge in [0, 0.05) is 6.07 Å². The fraction of sp³-hybridized carbons (Fsp3) is 0.278. The van der Waals surface area contributed by atoms with Crippen molar-refractivity contribution in [3.63, 3.8) is 0 Å². The predicted octanol–water partition coefficient (Wildman–Crippen LogP) is 0.344. The highest BCUT2D eigenvalue weighted by Crippen LogP contribution is 2.01. The third-order valence-electron chi connectivity index (χ3n) is 3.56. The maximum atomic E-state index is 12.2. The summed E-state index contributed by atoms with van der Waals surface area (Å²) < 4.78 is 30.4. The summed E-state index contributed by atoms with van der Waals surface area (Å²) in [6.45, 7) is 1.93. The van der Waals surface area contributed by atoms with E-state index >= 15 is 0 Å². The number of aryl methyl sites for hydroxylation is 1. The van der Waals surface area contributed by atoms with Gasteiger partial charge in [-0.2, -0.15) is 4.57 Å². The highest BCUT2D eigenvalue weighted by Gasteiger charge is 2.16. The molecule has 0 radical (unpaired) electrons. The average Bonchev–Trinajstić information content (AvgIpc) is 2.66. The van der Waals surface area contributed by atoms with Crippen LogP contribution in [-0.4, -0.2) is 32.7 Å². The number of benzene rings is 1. The lowest BCUT2D eigenvalue weighted by molar-refractivity contribution is -0.686. The average molecular weight is 392 g/mol. The van der Waals surface area contributed by atoms with Crippen LogP contribution in [0.4, 0.5) is 0 Å². The number of amides is 1. The Hall–Kier alpha value is -2.78. The van der Waals surface area contributed by atoms with Crippen molar-refractivity contribution in [3.8, 4) is 0 Å². The second-order valence-corrected chi connectivity index (χ2v) is 7.52. The zero-order valence-corrected chi connectivity index (χ0v) is 15.7. The summed E-state index contributed by atoms with van der Waals surface area (Å²) in [5.41, 5.74) is 3.26. The highest BCUT2D eigenvalue weighted by atomic mass is 32.2. The van der Waals surface area contributed by atoms with Crippen molar-refractivity contribution in [1.29, 1.82) is 0 Å². The summed E-state index contributed by atoms with van der Waals surface area (Å²) in [5, 5.41) is 0. The summed E-state index contributed by atoms with van der Waals surface area (Å²) in [6.07, 6.45) is 3.37. The van der Waals surface area contributed by atoms with Gasteiger partial charge in [0.05, 0.1) is 12.4 Å². The normalized spacial score (nSPS) is 11.0.